The van der Waals surface area contributed by atoms with Gasteiger partial charge in [0.15, 0.2) is 0 Å². The third kappa shape index (κ3) is 2.73. The van der Waals surface area contributed by atoms with E-state index >= 15 is 0 Å². The Balaban J connectivity index is 2.19. The summed E-state index contributed by atoms with van der Waals surface area (Å²) in [6.07, 6.45) is 0. The second kappa shape index (κ2) is 4.01. The summed E-state index contributed by atoms with van der Waals surface area (Å²) in [4.78, 5) is 3.49. The molecule has 3 heteroatoms. The van der Waals surface area contributed by atoms with Crippen molar-refractivity contribution in [2.75, 3.05) is 32.7 Å². The molecule has 1 N–H and O–H groups in total. The molecule has 1 saturated heterocycles. The van der Waals surface area contributed by atoms with Gasteiger partial charge in [0.05, 0.1) is 0 Å². The summed E-state index contributed by atoms with van der Waals surface area (Å²) < 4.78 is 0. The maximum Gasteiger partial charge on any atom is 0.0295 e. The molecule has 0 aromatic carbocycles. The van der Waals surface area contributed by atoms with Crippen molar-refractivity contribution in [3.05, 3.63) is 0 Å². The third-order valence-corrected chi connectivity index (χ3v) is 1.78. The van der Waals surface area contributed by atoms with Crippen LogP contribution in [-0.4, -0.2) is 42.5 Å². The van der Waals surface area contributed by atoms with E-state index in [0.29, 0.717) is 0 Å². The van der Waals surface area contributed by atoms with Gasteiger partial charge in [-0.25, -0.2) is 0 Å². The second-order valence-electron chi connectivity index (χ2n) is 2.73. The number of nitrogens with one attached hydrogen (secondary N) is 1. The Morgan fingerprint density at radius 1 is 1.50 bits per heavy atom. The van der Waals surface area contributed by atoms with E-state index in [1.807, 2.05) is 6.92 Å². The molecule has 0 bridgehead atoms. The lowest BCUT2D eigenvalue weighted by atomic mass is 10.3. The van der Waals surface area contributed by atoms with Crippen LogP contribution in [0.25, 0.3) is 0 Å². The van der Waals surface area contributed by atoms with Crippen molar-refractivity contribution in [3.63, 3.8) is 0 Å². The highest BCUT2D eigenvalue weighted by Crippen LogP contribution is 1.92. The molecule has 0 spiro atoms. The topological polar surface area (TPSA) is 15.3 Å². The molecule has 1 aliphatic rings. The van der Waals surface area contributed by atoms with Crippen molar-refractivity contribution in [1.82, 2.24) is 10.2 Å². The number of thiocarbonyl (C=S) groups is 1. The number of nitrogens with zero attached hydrogens (tertiary/aromatic N) is 1. The predicted octanol–water partition coefficient (Wildman–Crippen LogP) is 0.281. The Labute approximate surface area is 67.6 Å². The van der Waals surface area contributed by atoms with E-state index < -0.39 is 0 Å². The van der Waals surface area contributed by atoms with Crippen molar-refractivity contribution < 1.29 is 0 Å². The summed E-state index contributed by atoms with van der Waals surface area (Å²) in [7, 11) is 0. The summed E-state index contributed by atoms with van der Waals surface area (Å²) in [6, 6.07) is 0. The highest BCUT2D eigenvalue weighted by Gasteiger charge is 2.08. The Kier molecular flexibility index (Phi) is 3.25. The van der Waals surface area contributed by atoms with Gasteiger partial charge in [-0.3, -0.25) is 4.90 Å². The van der Waals surface area contributed by atoms with Gasteiger partial charge >= 0.3 is 0 Å². The minimum Gasteiger partial charge on any atom is -0.314 e. The Morgan fingerprint density at radius 2 is 2.10 bits per heavy atom. The van der Waals surface area contributed by atoms with E-state index in [0.717, 1.165) is 37.6 Å². The zero-order valence-electron chi connectivity index (χ0n) is 6.39. The minimum atomic E-state index is 0.997. The van der Waals surface area contributed by atoms with Crippen LogP contribution >= 0.6 is 12.2 Å². The highest BCUT2D eigenvalue weighted by molar-refractivity contribution is 7.80. The molecule has 0 saturated carbocycles. The number of hydrogen-bond donors (Lipinski definition) is 1. The molecule has 1 aliphatic heterocycles. The fraction of sp³-hybridized carbons (Fsp3) is 0.857. The van der Waals surface area contributed by atoms with Gasteiger partial charge in [-0.05, 0) is 6.92 Å². The van der Waals surface area contributed by atoms with Gasteiger partial charge in [-0.2, -0.15) is 0 Å². The second-order valence-corrected chi connectivity index (χ2v) is 3.43. The van der Waals surface area contributed by atoms with Crippen LogP contribution in [0.2, 0.25) is 0 Å². The average Bonchev–Trinajstić information content (AvgIpc) is 1.88. The van der Waals surface area contributed by atoms with Crippen LogP contribution in [0, 0.1) is 0 Å². The maximum absolute atomic E-state index is 5.01. The third-order valence-electron chi connectivity index (χ3n) is 1.66. The van der Waals surface area contributed by atoms with Crippen molar-refractivity contribution >= 4 is 17.1 Å². The van der Waals surface area contributed by atoms with E-state index in [1.54, 1.807) is 0 Å². The van der Waals surface area contributed by atoms with Gasteiger partial charge in [0.2, 0.25) is 0 Å². The zero-order chi connectivity index (χ0) is 7.40. The summed E-state index contributed by atoms with van der Waals surface area (Å²) in [5.41, 5.74) is 0. The molecule has 0 atom stereocenters. The van der Waals surface area contributed by atoms with Crippen LogP contribution in [-0.2, 0) is 0 Å². The summed E-state index contributed by atoms with van der Waals surface area (Å²) in [6.45, 7) is 7.53. The summed E-state index contributed by atoms with van der Waals surface area (Å²) in [5.74, 6) is 0. The van der Waals surface area contributed by atoms with E-state index in [1.165, 1.54) is 0 Å². The van der Waals surface area contributed by atoms with Crippen LogP contribution < -0.4 is 5.32 Å². The molecule has 1 fully saturated rings. The van der Waals surface area contributed by atoms with Crippen LogP contribution in [0.3, 0.4) is 0 Å². The first-order chi connectivity index (χ1) is 4.79. The molecule has 0 radical (unpaired) electrons. The van der Waals surface area contributed by atoms with Crippen molar-refractivity contribution in [2.24, 2.45) is 0 Å². The summed E-state index contributed by atoms with van der Waals surface area (Å²) >= 11 is 5.01. The van der Waals surface area contributed by atoms with Gasteiger partial charge in [-0.15, -0.1) is 0 Å². The van der Waals surface area contributed by atoms with Crippen LogP contribution in [0.15, 0.2) is 0 Å². The number of hydrogen-bond acceptors (Lipinski definition) is 3. The number of piperazine rings is 1. The molecular weight excluding hydrogens is 144 g/mol. The zero-order valence-corrected chi connectivity index (χ0v) is 7.21. The first kappa shape index (κ1) is 8.11. The monoisotopic (exact) mass is 158 g/mol. The molecule has 0 aromatic heterocycles. The fourth-order valence-electron chi connectivity index (χ4n) is 1.18. The van der Waals surface area contributed by atoms with Gasteiger partial charge < -0.3 is 5.32 Å². The molecule has 0 unspecified atom stereocenters. The molecule has 58 valence electrons. The van der Waals surface area contributed by atoms with Crippen LogP contribution in [0.4, 0.5) is 0 Å². The fourth-order valence-corrected chi connectivity index (χ4v) is 1.37. The van der Waals surface area contributed by atoms with E-state index in [-0.39, 0.29) is 0 Å². The van der Waals surface area contributed by atoms with Gasteiger partial charge in [-0.1, -0.05) is 12.2 Å². The van der Waals surface area contributed by atoms with E-state index in [4.69, 9.17) is 12.2 Å². The number of rotatable bonds is 2. The molecule has 0 aliphatic carbocycles. The molecule has 10 heavy (non-hydrogen) atoms. The standard InChI is InChI=1S/C7H14N2S/c1-7(10)6-9-4-2-8-3-5-9/h8H,2-6H2,1H3. The quantitative estimate of drug-likeness (QED) is 0.581. The lowest BCUT2D eigenvalue weighted by Crippen LogP contribution is -2.44. The SMILES string of the molecule is CC(=S)CN1CCNCC1. The molecular formula is C7H14N2S. The molecule has 1 heterocycles. The van der Waals surface area contributed by atoms with Crippen LogP contribution in [0.5, 0.6) is 0 Å². The van der Waals surface area contributed by atoms with Gasteiger partial charge in [0, 0.05) is 37.6 Å². The Hall–Kier alpha value is 0.0100. The molecule has 1 rings (SSSR count). The van der Waals surface area contributed by atoms with Crippen LogP contribution in [0.1, 0.15) is 6.92 Å². The molecule has 2 nitrogen and oxygen atoms in total. The van der Waals surface area contributed by atoms with E-state index in [2.05, 4.69) is 10.2 Å². The lowest BCUT2D eigenvalue weighted by Gasteiger charge is -2.26. The minimum absolute atomic E-state index is 0.997. The Bertz CT molecular complexity index is 119. The van der Waals surface area contributed by atoms with Gasteiger partial charge in [0.25, 0.3) is 0 Å². The predicted molar refractivity (Wildman–Crippen MR) is 47.6 cm³/mol. The van der Waals surface area contributed by atoms with Crippen molar-refractivity contribution in [2.45, 2.75) is 6.92 Å². The summed E-state index contributed by atoms with van der Waals surface area (Å²) in [5, 5.41) is 3.30. The maximum atomic E-state index is 5.01. The smallest absolute Gasteiger partial charge is 0.0295 e. The van der Waals surface area contributed by atoms with Gasteiger partial charge in [0.1, 0.15) is 0 Å². The average molecular weight is 158 g/mol. The first-order valence-corrected chi connectivity index (χ1v) is 4.12. The normalized spacial score (nSPS) is 20.9. The largest absolute Gasteiger partial charge is 0.314 e. The molecule has 0 aromatic rings. The Morgan fingerprint density at radius 3 is 2.60 bits per heavy atom. The van der Waals surface area contributed by atoms with Crippen molar-refractivity contribution in [1.29, 1.82) is 0 Å². The lowest BCUT2D eigenvalue weighted by molar-refractivity contribution is 0.272. The first-order valence-electron chi connectivity index (χ1n) is 3.71. The van der Waals surface area contributed by atoms with Crippen molar-refractivity contribution in [3.8, 4) is 0 Å². The highest BCUT2D eigenvalue weighted by atomic mass is 32.1. The molecule has 0 amide bonds. The van der Waals surface area contributed by atoms with E-state index in [9.17, 15) is 0 Å².